The van der Waals surface area contributed by atoms with Gasteiger partial charge in [-0.25, -0.2) is 9.59 Å². The lowest BCUT2D eigenvalue weighted by molar-refractivity contribution is -0.173. The van der Waals surface area contributed by atoms with Crippen molar-refractivity contribution >= 4 is 35.1 Å². The molecular formula is C47H49F6N7O7. The number of para-hydroxylation sites is 2. The Hall–Kier alpha value is -6.80. The van der Waals surface area contributed by atoms with Crippen molar-refractivity contribution in [3.8, 4) is 11.5 Å². The maximum atomic E-state index is 13.4. The number of morpholine rings is 2. The molecule has 0 saturated carbocycles. The monoisotopic (exact) mass is 937 g/mol. The molecule has 4 aromatic carbocycles. The van der Waals surface area contributed by atoms with E-state index in [2.05, 4.69) is 10.2 Å². The van der Waals surface area contributed by atoms with Crippen LogP contribution in [0.1, 0.15) is 55.1 Å². The average Bonchev–Trinajstić information content (AvgIpc) is 3.81. The van der Waals surface area contributed by atoms with Crippen LogP contribution < -0.4 is 15.1 Å². The fraction of sp³-hybridized carbons (Fsp3) is 0.362. The highest BCUT2D eigenvalue weighted by atomic mass is 19.4. The number of ketones is 1. The van der Waals surface area contributed by atoms with Crippen LogP contribution in [0.25, 0.3) is 11.5 Å². The summed E-state index contributed by atoms with van der Waals surface area (Å²) in [6.45, 7) is 9.34. The Morgan fingerprint density at radius 3 is 1.42 bits per heavy atom. The van der Waals surface area contributed by atoms with Gasteiger partial charge in [0.25, 0.3) is 0 Å². The predicted molar refractivity (Wildman–Crippen MR) is 234 cm³/mol. The number of aromatic nitrogens is 2. The smallest absolute Gasteiger partial charge is 0.413 e. The van der Waals surface area contributed by atoms with E-state index in [0.717, 1.165) is 16.8 Å². The number of hydrogen-bond acceptors (Lipinski definition) is 9. The molecule has 5 amide bonds. The quantitative estimate of drug-likeness (QED) is 0.107. The fourth-order valence-corrected chi connectivity index (χ4v) is 7.50. The lowest BCUT2D eigenvalue weighted by Gasteiger charge is -2.38. The van der Waals surface area contributed by atoms with Crippen LogP contribution in [0.4, 0.5) is 47.3 Å². The Bertz CT molecular complexity index is 2420. The van der Waals surface area contributed by atoms with E-state index in [1.54, 1.807) is 61.3 Å². The van der Waals surface area contributed by atoms with E-state index >= 15 is 0 Å². The molecular weight excluding hydrogens is 889 g/mol. The highest BCUT2D eigenvalue weighted by Crippen LogP contribution is 2.31. The Labute approximate surface area is 382 Å². The number of Topliss-reactive ketones (excluding diaryl/α,β-unsaturated/α-hetero) is 1. The van der Waals surface area contributed by atoms with E-state index in [1.807, 2.05) is 88.4 Å². The zero-order valence-corrected chi connectivity index (χ0v) is 37.0. The molecule has 20 heteroatoms. The first-order valence-corrected chi connectivity index (χ1v) is 21.3. The van der Waals surface area contributed by atoms with Gasteiger partial charge in [-0.15, -0.1) is 10.2 Å². The number of hydrogen-bond donors (Lipinski definition) is 1. The number of benzene rings is 4. The molecule has 0 bridgehead atoms. The Balaban J connectivity index is 0.000000221. The third kappa shape index (κ3) is 13.6. The van der Waals surface area contributed by atoms with E-state index in [0.29, 0.717) is 37.4 Å². The molecule has 0 unspecified atom stereocenters. The van der Waals surface area contributed by atoms with E-state index in [-0.39, 0.29) is 61.0 Å². The topological polar surface area (TPSA) is 151 Å². The van der Waals surface area contributed by atoms with Crippen LogP contribution in [0.15, 0.2) is 114 Å². The number of rotatable bonds is 10. The number of nitrogens with one attached hydrogen (secondary N) is 1. The normalized spacial score (nSPS) is 18.6. The highest BCUT2D eigenvalue weighted by Gasteiger charge is 2.39. The highest BCUT2D eigenvalue weighted by molar-refractivity contribution is 6.00. The SMILES string of the molecule is C[C@@H]1CN(C(=O)N(Cc2ccc(-c3nnc(C(F)(F)F)o3)cc2)c2ccccc2)C[C@H](C)O1.C[C@@H]1CN(C(=O)N(Cc2ccc(C(=O)CNC(=O)C(F)(F)F)cc2)c2ccccc2)C[C@H](C)O1. The molecule has 7 rings (SSSR count). The number of ether oxygens (including phenoxy) is 2. The van der Waals surface area contributed by atoms with Crippen molar-refractivity contribution in [3.63, 3.8) is 0 Å². The minimum Gasteiger partial charge on any atom is -0.413 e. The molecule has 2 saturated heterocycles. The van der Waals surface area contributed by atoms with Crippen LogP contribution in [0, 0.1) is 0 Å². The third-order valence-corrected chi connectivity index (χ3v) is 10.5. The van der Waals surface area contributed by atoms with Crippen molar-refractivity contribution in [2.75, 3.05) is 42.5 Å². The molecule has 1 aromatic heterocycles. The van der Waals surface area contributed by atoms with Gasteiger partial charge in [0.1, 0.15) is 0 Å². The van der Waals surface area contributed by atoms with Gasteiger partial charge < -0.3 is 29.0 Å². The van der Waals surface area contributed by atoms with Gasteiger partial charge in [-0.3, -0.25) is 19.4 Å². The summed E-state index contributed by atoms with van der Waals surface area (Å²) >= 11 is 0. The summed E-state index contributed by atoms with van der Waals surface area (Å²) in [5.41, 5.74) is 3.47. The summed E-state index contributed by atoms with van der Waals surface area (Å²) in [4.78, 5) is 56.7. The Kier molecular flexibility index (Phi) is 16.1. The molecule has 2 fully saturated rings. The summed E-state index contributed by atoms with van der Waals surface area (Å²) in [7, 11) is 0. The first kappa shape index (κ1) is 49.6. The molecule has 4 atom stereocenters. The van der Waals surface area contributed by atoms with Crippen molar-refractivity contribution < 1.29 is 59.4 Å². The van der Waals surface area contributed by atoms with E-state index in [9.17, 15) is 45.5 Å². The standard InChI is InChI=1S/C24H26F3N3O4.C23H23F3N4O3/c1-16-13-29(14-17(2)34-16)23(33)30(20-6-4-3-5-7-20)15-18-8-10-19(11-9-18)21(31)12-28-22(32)24(25,26)27;1-15-12-29(13-16(2)32-15)22(31)30(19-6-4-3-5-7-19)14-17-8-10-18(11-9-17)20-27-28-21(33-20)23(24,25)26/h3-11,16-17H,12-15H2,1-2H3,(H,28,32);3-11,15-16H,12-14H2,1-2H3/t16-,17+;15-,16+. The second-order valence-corrected chi connectivity index (χ2v) is 16.1. The molecule has 0 aliphatic carbocycles. The van der Waals surface area contributed by atoms with Gasteiger partial charge in [-0.2, -0.15) is 26.3 Å². The van der Waals surface area contributed by atoms with Crippen molar-refractivity contribution in [2.45, 2.75) is 77.6 Å². The van der Waals surface area contributed by atoms with Crippen molar-refractivity contribution in [1.29, 1.82) is 0 Å². The minimum atomic E-state index is -5.05. The average molecular weight is 938 g/mol. The summed E-state index contributed by atoms with van der Waals surface area (Å²) in [6.07, 6.45) is -10.1. The molecule has 14 nitrogen and oxygen atoms in total. The van der Waals surface area contributed by atoms with Crippen molar-refractivity contribution in [1.82, 2.24) is 25.3 Å². The molecule has 356 valence electrons. The van der Waals surface area contributed by atoms with Crippen LogP contribution >= 0.6 is 0 Å². The zero-order chi connectivity index (χ0) is 48.5. The summed E-state index contributed by atoms with van der Waals surface area (Å²) in [6, 6.07) is 31.0. The largest absolute Gasteiger partial charge is 0.471 e. The van der Waals surface area contributed by atoms with Gasteiger partial charge in [-0.05, 0) is 75.2 Å². The van der Waals surface area contributed by atoms with Crippen LogP contribution in [0.5, 0.6) is 0 Å². The lowest BCUT2D eigenvalue weighted by Crippen LogP contribution is -2.52. The summed E-state index contributed by atoms with van der Waals surface area (Å²) in [5, 5.41) is 8.09. The molecule has 5 aromatic rings. The van der Waals surface area contributed by atoms with Gasteiger partial charge in [0, 0.05) is 48.7 Å². The van der Waals surface area contributed by atoms with Gasteiger partial charge >= 0.3 is 36.2 Å². The number of alkyl halides is 6. The molecule has 2 aliphatic rings. The second-order valence-electron chi connectivity index (χ2n) is 16.1. The number of anilines is 2. The minimum absolute atomic E-state index is 0.0643. The van der Waals surface area contributed by atoms with Crippen LogP contribution in [-0.2, 0) is 33.5 Å². The molecule has 67 heavy (non-hydrogen) atoms. The molecule has 0 spiro atoms. The van der Waals surface area contributed by atoms with Gasteiger partial charge in [0.15, 0.2) is 5.78 Å². The maximum absolute atomic E-state index is 13.4. The lowest BCUT2D eigenvalue weighted by atomic mass is 10.1. The number of halogens is 6. The second kappa shape index (κ2) is 21.7. The molecule has 3 heterocycles. The first-order valence-electron chi connectivity index (χ1n) is 21.3. The Morgan fingerprint density at radius 1 is 0.612 bits per heavy atom. The van der Waals surface area contributed by atoms with Gasteiger partial charge in [0.05, 0.1) is 44.1 Å². The van der Waals surface area contributed by atoms with E-state index in [4.69, 9.17) is 13.9 Å². The van der Waals surface area contributed by atoms with Crippen LogP contribution in [0.2, 0.25) is 0 Å². The molecule has 2 aliphatic heterocycles. The predicted octanol–water partition coefficient (Wildman–Crippen LogP) is 8.77. The summed E-state index contributed by atoms with van der Waals surface area (Å²) in [5.74, 6) is -4.43. The fourth-order valence-electron chi connectivity index (χ4n) is 7.50. The number of carbonyl (C=O) groups excluding carboxylic acids is 4. The summed E-state index contributed by atoms with van der Waals surface area (Å²) < 4.78 is 91.2. The maximum Gasteiger partial charge on any atom is 0.471 e. The van der Waals surface area contributed by atoms with Crippen LogP contribution in [-0.4, -0.2) is 107 Å². The van der Waals surface area contributed by atoms with Gasteiger partial charge in [-0.1, -0.05) is 72.8 Å². The number of urea groups is 2. The van der Waals surface area contributed by atoms with E-state index in [1.165, 1.54) is 12.1 Å². The number of nitrogens with zero attached hydrogens (tertiary/aromatic N) is 6. The number of carbonyl (C=O) groups is 4. The van der Waals surface area contributed by atoms with Gasteiger partial charge in [0.2, 0.25) is 5.89 Å². The molecule has 0 radical (unpaired) electrons. The number of amides is 5. The zero-order valence-electron chi connectivity index (χ0n) is 37.0. The van der Waals surface area contributed by atoms with Crippen molar-refractivity contribution in [2.24, 2.45) is 0 Å². The van der Waals surface area contributed by atoms with E-state index < -0.39 is 36.5 Å². The van der Waals surface area contributed by atoms with Crippen LogP contribution in [0.3, 0.4) is 0 Å². The first-order chi connectivity index (χ1) is 31.7. The third-order valence-electron chi connectivity index (χ3n) is 10.5. The Morgan fingerprint density at radius 2 is 1.03 bits per heavy atom. The van der Waals surface area contributed by atoms with Crippen molar-refractivity contribution in [3.05, 3.63) is 132 Å². The molecule has 1 N–H and O–H groups in total.